The van der Waals surface area contributed by atoms with Crippen LogP contribution in [0.1, 0.15) is 25.3 Å². The van der Waals surface area contributed by atoms with E-state index < -0.39 is 9.84 Å². The smallest absolute Gasteiger partial charge is 0.185 e. The first-order chi connectivity index (χ1) is 7.25. The zero-order valence-electron chi connectivity index (χ0n) is 10.0. The average molecular weight is 246 g/mol. The van der Waals surface area contributed by atoms with Crippen LogP contribution in [0.3, 0.4) is 0 Å². The van der Waals surface area contributed by atoms with Gasteiger partial charge in [0.2, 0.25) is 0 Å². The van der Waals surface area contributed by atoms with Crippen LogP contribution in [0.5, 0.6) is 0 Å². The normalized spacial score (nSPS) is 14.4. The maximum Gasteiger partial charge on any atom is 0.185 e. The van der Waals surface area contributed by atoms with Gasteiger partial charge in [0.25, 0.3) is 0 Å². The predicted molar refractivity (Wildman–Crippen MR) is 60.8 cm³/mol. The second-order valence-electron chi connectivity index (χ2n) is 4.34. The van der Waals surface area contributed by atoms with Gasteiger partial charge in [0.1, 0.15) is 4.90 Å². The second-order valence-corrected chi connectivity index (χ2v) is 6.31. The van der Waals surface area contributed by atoms with E-state index in [9.17, 15) is 8.42 Å². The van der Waals surface area contributed by atoms with Crippen LogP contribution < -0.4 is 5.73 Å². The van der Waals surface area contributed by atoms with Crippen LogP contribution in [0.2, 0.25) is 0 Å². The summed E-state index contributed by atoms with van der Waals surface area (Å²) in [6.45, 7) is 7.00. The van der Waals surface area contributed by atoms with E-state index >= 15 is 0 Å². The molecule has 0 bridgehead atoms. The van der Waals surface area contributed by atoms with E-state index in [4.69, 9.17) is 10.3 Å². The van der Waals surface area contributed by atoms with Gasteiger partial charge < -0.3 is 10.3 Å². The summed E-state index contributed by atoms with van der Waals surface area (Å²) >= 11 is 0. The zero-order chi connectivity index (χ0) is 12.5. The Labute approximate surface area is 95.9 Å². The third-order valence-corrected chi connectivity index (χ3v) is 4.58. The summed E-state index contributed by atoms with van der Waals surface area (Å²) in [6, 6.07) is -0.376. The molecule has 0 aliphatic heterocycles. The molecule has 0 aliphatic carbocycles. The molecule has 92 valence electrons. The van der Waals surface area contributed by atoms with Crippen LogP contribution in [0.4, 0.5) is 0 Å². The third kappa shape index (κ3) is 2.62. The van der Waals surface area contributed by atoms with Gasteiger partial charge in [-0.25, -0.2) is 8.42 Å². The van der Waals surface area contributed by atoms with Gasteiger partial charge in [-0.3, -0.25) is 0 Å². The molecule has 0 saturated heterocycles. The Morgan fingerprint density at radius 3 is 2.31 bits per heavy atom. The summed E-state index contributed by atoms with van der Waals surface area (Å²) in [5.41, 5.74) is 6.18. The van der Waals surface area contributed by atoms with Gasteiger partial charge in [-0.05, 0) is 19.8 Å². The van der Waals surface area contributed by atoms with Gasteiger partial charge in [0, 0.05) is 6.04 Å². The van der Waals surface area contributed by atoms with Crippen LogP contribution in [0.15, 0.2) is 9.42 Å². The standard InChI is InChI=1S/C10H18N2O3S/c1-6(2)9(11)5-16(13,14)10-7(3)12-15-8(10)4/h6,9H,5,11H2,1-4H3. The van der Waals surface area contributed by atoms with Crippen molar-refractivity contribution in [1.29, 1.82) is 0 Å². The van der Waals surface area contributed by atoms with Crippen LogP contribution >= 0.6 is 0 Å². The molecular formula is C10H18N2O3S. The van der Waals surface area contributed by atoms with Crippen molar-refractivity contribution in [2.45, 2.75) is 38.6 Å². The molecule has 1 unspecified atom stereocenters. The molecule has 5 nitrogen and oxygen atoms in total. The summed E-state index contributed by atoms with van der Waals surface area (Å²) in [5.74, 6) is 0.372. The van der Waals surface area contributed by atoms with Crippen LogP contribution in [-0.2, 0) is 9.84 Å². The highest BCUT2D eigenvalue weighted by Gasteiger charge is 2.27. The Morgan fingerprint density at radius 2 is 1.94 bits per heavy atom. The Morgan fingerprint density at radius 1 is 1.38 bits per heavy atom. The van der Waals surface area contributed by atoms with Gasteiger partial charge >= 0.3 is 0 Å². The summed E-state index contributed by atoms with van der Waals surface area (Å²) in [5, 5.41) is 3.64. The minimum Gasteiger partial charge on any atom is -0.360 e. The lowest BCUT2D eigenvalue weighted by molar-refractivity contribution is 0.390. The molecule has 0 aliphatic rings. The van der Waals surface area contributed by atoms with Gasteiger partial charge in [-0.2, -0.15) is 0 Å². The highest BCUT2D eigenvalue weighted by Crippen LogP contribution is 2.21. The molecule has 16 heavy (non-hydrogen) atoms. The molecule has 0 saturated carbocycles. The van der Waals surface area contributed by atoms with E-state index in [2.05, 4.69) is 5.16 Å². The van der Waals surface area contributed by atoms with E-state index in [0.29, 0.717) is 11.5 Å². The van der Waals surface area contributed by atoms with Crippen LogP contribution in [-0.4, -0.2) is 25.4 Å². The van der Waals surface area contributed by atoms with Crippen molar-refractivity contribution < 1.29 is 12.9 Å². The molecule has 0 amide bonds. The number of hydrogen-bond acceptors (Lipinski definition) is 5. The van der Waals surface area contributed by atoms with Crippen LogP contribution in [0, 0.1) is 19.8 Å². The second kappa shape index (κ2) is 4.55. The number of hydrogen-bond donors (Lipinski definition) is 1. The quantitative estimate of drug-likeness (QED) is 0.858. The Kier molecular flexibility index (Phi) is 3.75. The molecule has 1 atom stereocenters. The summed E-state index contributed by atoms with van der Waals surface area (Å²) in [4.78, 5) is 0.184. The van der Waals surface area contributed by atoms with Crippen molar-refractivity contribution in [3.8, 4) is 0 Å². The van der Waals surface area contributed by atoms with Crippen molar-refractivity contribution in [2.24, 2.45) is 11.7 Å². The third-order valence-electron chi connectivity index (χ3n) is 2.55. The minimum atomic E-state index is -3.40. The molecule has 1 heterocycles. The first-order valence-corrected chi connectivity index (χ1v) is 6.82. The van der Waals surface area contributed by atoms with E-state index in [1.807, 2.05) is 13.8 Å². The summed E-state index contributed by atoms with van der Waals surface area (Å²) in [7, 11) is -3.40. The molecule has 1 aromatic rings. The van der Waals surface area contributed by atoms with E-state index in [1.54, 1.807) is 13.8 Å². The van der Waals surface area contributed by atoms with Gasteiger partial charge in [0.05, 0.1) is 11.4 Å². The highest BCUT2D eigenvalue weighted by molar-refractivity contribution is 7.91. The van der Waals surface area contributed by atoms with Crippen molar-refractivity contribution in [2.75, 3.05) is 5.75 Å². The van der Waals surface area contributed by atoms with Gasteiger partial charge in [-0.1, -0.05) is 19.0 Å². The maximum absolute atomic E-state index is 12.1. The fraction of sp³-hybridized carbons (Fsp3) is 0.700. The number of aromatic nitrogens is 1. The van der Waals surface area contributed by atoms with E-state index in [1.165, 1.54) is 0 Å². The molecule has 2 N–H and O–H groups in total. The summed E-state index contributed by atoms with van der Waals surface area (Å²) < 4.78 is 29.0. The van der Waals surface area contributed by atoms with Gasteiger partial charge in [-0.15, -0.1) is 0 Å². The number of nitrogens with zero attached hydrogens (tertiary/aromatic N) is 1. The summed E-state index contributed by atoms with van der Waals surface area (Å²) in [6.07, 6.45) is 0. The number of rotatable bonds is 4. The Bertz CT molecular complexity index is 443. The van der Waals surface area contributed by atoms with Crippen LogP contribution in [0.25, 0.3) is 0 Å². The Balaban J connectivity index is 3.04. The molecule has 0 fully saturated rings. The van der Waals surface area contributed by atoms with Crippen molar-refractivity contribution >= 4 is 9.84 Å². The minimum absolute atomic E-state index is 0.0758. The molecule has 0 radical (unpaired) electrons. The molecule has 6 heteroatoms. The lowest BCUT2D eigenvalue weighted by Crippen LogP contribution is -2.34. The zero-order valence-corrected chi connectivity index (χ0v) is 10.8. The SMILES string of the molecule is Cc1noc(C)c1S(=O)(=O)CC(N)C(C)C. The van der Waals surface area contributed by atoms with Crippen molar-refractivity contribution in [3.63, 3.8) is 0 Å². The lowest BCUT2D eigenvalue weighted by atomic mass is 10.1. The van der Waals surface area contributed by atoms with E-state index in [0.717, 1.165) is 0 Å². The first kappa shape index (κ1) is 13.2. The highest BCUT2D eigenvalue weighted by atomic mass is 32.2. The van der Waals surface area contributed by atoms with Crippen molar-refractivity contribution in [1.82, 2.24) is 5.16 Å². The number of nitrogens with two attached hydrogens (primary N) is 1. The fourth-order valence-electron chi connectivity index (χ4n) is 1.45. The molecule has 0 spiro atoms. The monoisotopic (exact) mass is 246 g/mol. The average Bonchev–Trinajstić information content (AvgIpc) is 2.45. The molecule has 0 aromatic carbocycles. The van der Waals surface area contributed by atoms with Gasteiger partial charge in [0.15, 0.2) is 15.6 Å². The lowest BCUT2D eigenvalue weighted by Gasteiger charge is -2.15. The number of aryl methyl sites for hydroxylation is 2. The molecule has 1 aromatic heterocycles. The fourth-order valence-corrected chi connectivity index (χ4v) is 3.47. The van der Waals surface area contributed by atoms with Crippen molar-refractivity contribution in [3.05, 3.63) is 11.5 Å². The topological polar surface area (TPSA) is 86.2 Å². The molecule has 1 rings (SSSR count). The first-order valence-electron chi connectivity index (χ1n) is 5.17. The van der Waals surface area contributed by atoms with E-state index in [-0.39, 0.29) is 22.6 Å². The largest absolute Gasteiger partial charge is 0.360 e. The molecular weight excluding hydrogens is 228 g/mol. The maximum atomic E-state index is 12.1. The predicted octanol–water partition coefficient (Wildman–Crippen LogP) is 1.05. The number of sulfone groups is 1. The Hall–Kier alpha value is -0.880.